The lowest BCUT2D eigenvalue weighted by molar-refractivity contribution is -0.136. The molecule has 170 valence electrons. The van der Waals surface area contributed by atoms with Gasteiger partial charge in [0, 0.05) is 50.1 Å². The number of aromatic nitrogens is 1. The van der Waals surface area contributed by atoms with E-state index in [1.165, 1.54) is 11.1 Å². The minimum absolute atomic E-state index is 0.105. The number of piperidine rings is 1. The monoisotopic (exact) mass is 446 g/mol. The molecule has 33 heavy (non-hydrogen) atoms. The van der Waals surface area contributed by atoms with Crippen LogP contribution in [0.15, 0.2) is 36.7 Å². The van der Waals surface area contributed by atoms with Crippen LogP contribution in [0, 0.1) is 0 Å². The number of carbonyl (C=O) groups is 3. The second-order valence-corrected chi connectivity index (χ2v) is 9.42. The van der Waals surface area contributed by atoms with Gasteiger partial charge in [-0.05, 0) is 66.6 Å². The van der Waals surface area contributed by atoms with Gasteiger partial charge in [0.15, 0.2) is 0 Å². The van der Waals surface area contributed by atoms with Gasteiger partial charge >= 0.3 is 0 Å². The summed E-state index contributed by atoms with van der Waals surface area (Å²) in [4.78, 5) is 45.0. The number of imide groups is 1. The molecule has 1 unspecified atom stereocenters. The fourth-order valence-corrected chi connectivity index (χ4v) is 5.74. The molecular formula is C25H26N4O4. The number of carbonyl (C=O) groups excluding carboxylic acids is 3. The Labute approximate surface area is 191 Å². The van der Waals surface area contributed by atoms with Gasteiger partial charge in [0.05, 0.1) is 0 Å². The van der Waals surface area contributed by atoms with Crippen LogP contribution >= 0.6 is 0 Å². The normalized spacial score (nSPS) is 27.0. The van der Waals surface area contributed by atoms with Crippen LogP contribution in [-0.2, 0) is 29.2 Å². The maximum Gasteiger partial charge on any atom is 0.255 e. The highest BCUT2D eigenvalue weighted by molar-refractivity contribution is 6.05. The summed E-state index contributed by atoms with van der Waals surface area (Å²) in [7, 11) is 0. The Balaban J connectivity index is 1.16. The highest BCUT2D eigenvalue weighted by atomic mass is 16.5. The van der Waals surface area contributed by atoms with E-state index in [9.17, 15) is 14.4 Å². The predicted octanol–water partition coefficient (Wildman–Crippen LogP) is 2.16. The molecule has 2 aromatic rings. The number of benzene rings is 1. The van der Waals surface area contributed by atoms with Crippen molar-refractivity contribution in [3.63, 3.8) is 0 Å². The van der Waals surface area contributed by atoms with E-state index in [0.717, 1.165) is 43.7 Å². The molecule has 1 aliphatic carbocycles. The first kappa shape index (κ1) is 20.4. The van der Waals surface area contributed by atoms with E-state index < -0.39 is 6.04 Å². The predicted molar refractivity (Wildman–Crippen MR) is 118 cm³/mol. The fraction of sp³-hybridized carbons (Fsp3) is 0.440. The van der Waals surface area contributed by atoms with Gasteiger partial charge in [0.1, 0.15) is 17.9 Å². The lowest BCUT2D eigenvalue weighted by atomic mass is 10.0. The van der Waals surface area contributed by atoms with Crippen molar-refractivity contribution in [1.29, 1.82) is 0 Å². The molecule has 3 aliphatic heterocycles. The number of fused-ring (bicyclic) bond motifs is 2. The molecule has 6 rings (SSSR count). The van der Waals surface area contributed by atoms with Gasteiger partial charge in [-0.3, -0.25) is 29.6 Å². The molecule has 8 heteroatoms. The molecule has 1 aromatic heterocycles. The molecule has 1 saturated carbocycles. The minimum Gasteiger partial charge on any atom is -0.489 e. The fourth-order valence-electron chi connectivity index (χ4n) is 5.74. The molecule has 1 saturated heterocycles. The van der Waals surface area contributed by atoms with Crippen LogP contribution in [-0.4, -0.2) is 50.7 Å². The number of pyridine rings is 1. The second kappa shape index (κ2) is 7.95. The first-order chi connectivity index (χ1) is 16.1. The molecule has 1 N–H and O–H groups in total. The number of hydrogen-bond acceptors (Lipinski definition) is 6. The van der Waals surface area contributed by atoms with Gasteiger partial charge in [-0.15, -0.1) is 0 Å². The summed E-state index contributed by atoms with van der Waals surface area (Å²) in [6, 6.07) is 7.47. The van der Waals surface area contributed by atoms with Gasteiger partial charge < -0.3 is 9.64 Å². The number of nitrogens with one attached hydrogen (secondary N) is 1. The number of ether oxygens (including phenoxy) is 1. The largest absolute Gasteiger partial charge is 0.489 e. The summed E-state index contributed by atoms with van der Waals surface area (Å²) >= 11 is 0. The Morgan fingerprint density at radius 1 is 0.970 bits per heavy atom. The van der Waals surface area contributed by atoms with Gasteiger partial charge in [-0.2, -0.15) is 0 Å². The van der Waals surface area contributed by atoms with E-state index in [1.54, 1.807) is 11.0 Å². The molecule has 8 nitrogen and oxygen atoms in total. The molecule has 0 spiro atoms. The molecule has 3 amide bonds. The third kappa shape index (κ3) is 3.58. The lowest BCUT2D eigenvalue weighted by Crippen LogP contribution is -2.52. The molecule has 0 bridgehead atoms. The average molecular weight is 447 g/mol. The third-order valence-corrected chi connectivity index (χ3v) is 7.42. The number of nitrogens with zero attached hydrogens (tertiary/aromatic N) is 3. The SMILES string of the molecule is O=C1CCC(N2Cc3cc(O[C@H]4CCC[C@H]4N4Cc5ccncc5C4)ccc3C2=O)C(=O)N1. The summed E-state index contributed by atoms with van der Waals surface area (Å²) in [6.45, 7) is 2.20. The number of rotatable bonds is 4. The minimum atomic E-state index is -0.600. The Kier molecular flexibility index (Phi) is 4.90. The van der Waals surface area contributed by atoms with Crippen LogP contribution < -0.4 is 10.1 Å². The van der Waals surface area contributed by atoms with Crippen LogP contribution in [0.2, 0.25) is 0 Å². The van der Waals surface area contributed by atoms with Crippen molar-refractivity contribution in [2.45, 2.75) is 69.9 Å². The van der Waals surface area contributed by atoms with E-state index >= 15 is 0 Å². The zero-order valence-electron chi connectivity index (χ0n) is 18.3. The van der Waals surface area contributed by atoms with Crippen LogP contribution in [0.1, 0.15) is 59.2 Å². The number of hydrogen-bond donors (Lipinski definition) is 1. The maximum absolute atomic E-state index is 12.9. The van der Waals surface area contributed by atoms with Crippen molar-refractivity contribution >= 4 is 17.7 Å². The zero-order valence-corrected chi connectivity index (χ0v) is 18.3. The van der Waals surface area contributed by atoms with Crippen molar-refractivity contribution in [3.8, 4) is 5.75 Å². The molecule has 0 radical (unpaired) electrons. The van der Waals surface area contributed by atoms with Crippen molar-refractivity contribution in [2.75, 3.05) is 0 Å². The topological polar surface area (TPSA) is 91.8 Å². The Morgan fingerprint density at radius 2 is 1.85 bits per heavy atom. The summed E-state index contributed by atoms with van der Waals surface area (Å²) in [6.07, 6.45) is 7.80. The van der Waals surface area contributed by atoms with Gasteiger partial charge in [0.25, 0.3) is 5.91 Å². The van der Waals surface area contributed by atoms with Crippen LogP contribution in [0.5, 0.6) is 5.75 Å². The highest BCUT2D eigenvalue weighted by Gasteiger charge is 2.40. The van der Waals surface area contributed by atoms with E-state index in [4.69, 9.17) is 4.74 Å². The second-order valence-electron chi connectivity index (χ2n) is 9.42. The van der Waals surface area contributed by atoms with Crippen LogP contribution in [0.4, 0.5) is 0 Å². The Bertz CT molecular complexity index is 1120. The summed E-state index contributed by atoms with van der Waals surface area (Å²) in [5.41, 5.74) is 4.13. The third-order valence-electron chi connectivity index (χ3n) is 7.42. The van der Waals surface area contributed by atoms with Crippen molar-refractivity contribution in [2.24, 2.45) is 0 Å². The smallest absolute Gasteiger partial charge is 0.255 e. The Hall–Kier alpha value is -3.26. The molecule has 4 aliphatic rings. The van der Waals surface area contributed by atoms with Gasteiger partial charge in [-0.1, -0.05) is 0 Å². The zero-order chi connectivity index (χ0) is 22.5. The first-order valence-corrected chi connectivity index (χ1v) is 11.7. The summed E-state index contributed by atoms with van der Waals surface area (Å²) in [5.74, 6) is -0.0609. The van der Waals surface area contributed by atoms with Gasteiger partial charge in [-0.25, -0.2) is 0 Å². The van der Waals surface area contributed by atoms with E-state index in [2.05, 4.69) is 21.3 Å². The first-order valence-electron chi connectivity index (χ1n) is 11.7. The average Bonchev–Trinajstić information content (AvgIpc) is 3.51. The van der Waals surface area contributed by atoms with Crippen molar-refractivity contribution in [3.05, 3.63) is 58.9 Å². The molecule has 2 fully saturated rings. The van der Waals surface area contributed by atoms with Crippen LogP contribution in [0.3, 0.4) is 0 Å². The molecule has 1 aromatic carbocycles. The van der Waals surface area contributed by atoms with Crippen LogP contribution in [0.25, 0.3) is 0 Å². The summed E-state index contributed by atoms with van der Waals surface area (Å²) < 4.78 is 6.46. The van der Waals surface area contributed by atoms with Crippen molar-refractivity contribution < 1.29 is 19.1 Å². The number of amides is 3. The molecule has 3 atom stereocenters. The van der Waals surface area contributed by atoms with Gasteiger partial charge in [0.2, 0.25) is 11.8 Å². The van der Waals surface area contributed by atoms with E-state index in [0.29, 0.717) is 24.6 Å². The Morgan fingerprint density at radius 3 is 2.70 bits per heavy atom. The molecular weight excluding hydrogens is 420 g/mol. The van der Waals surface area contributed by atoms with E-state index in [1.807, 2.05) is 24.5 Å². The van der Waals surface area contributed by atoms with Crippen molar-refractivity contribution in [1.82, 2.24) is 20.1 Å². The highest BCUT2D eigenvalue weighted by Crippen LogP contribution is 2.35. The maximum atomic E-state index is 12.9. The quantitative estimate of drug-likeness (QED) is 0.724. The van der Waals surface area contributed by atoms with E-state index in [-0.39, 0.29) is 30.2 Å². The molecule has 4 heterocycles. The standard InChI is InChI=1S/C25H26N4O4/c30-23-7-6-21(24(31)27-23)29-14-16-10-18(4-5-19(16)25(29)32)33-22-3-1-2-20(22)28-12-15-8-9-26-11-17(15)13-28/h4-5,8-11,20-22H,1-3,6-7,12-14H2,(H,27,30,31)/t20-,21?,22+/m1/s1. The lowest BCUT2D eigenvalue weighted by Gasteiger charge is -2.29. The summed E-state index contributed by atoms with van der Waals surface area (Å²) in [5, 5.41) is 2.35.